The Hall–Kier alpha value is -3.08. The average Bonchev–Trinajstić information content (AvgIpc) is 2.77. The molecule has 1 aliphatic carbocycles. The van der Waals surface area contributed by atoms with Gasteiger partial charge in [0.05, 0.1) is 12.1 Å². The molecular formula is C26H30N2O3. The molecule has 2 aromatic rings. The molecule has 1 saturated carbocycles. The molecule has 4 rings (SSSR count). The molecule has 31 heavy (non-hydrogen) atoms. The molecule has 1 heterocycles. The summed E-state index contributed by atoms with van der Waals surface area (Å²) in [7, 11) is 0. The van der Waals surface area contributed by atoms with Crippen molar-refractivity contribution in [2.24, 2.45) is 0 Å². The van der Waals surface area contributed by atoms with Gasteiger partial charge in [0, 0.05) is 0 Å². The van der Waals surface area contributed by atoms with E-state index >= 15 is 0 Å². The molecule has 2 fully saturated rings. The number of benzene rings is 2. The number of ether oxygens (including phenoxy) is 1. The van der Waals surface area contributed by atoms with Crippen molar-refractivity contribution in [3.05, 3.63) is 77.0 Å². The van der Waals surface area contributed by atoms with Crippen LogP contribution in [0.1, 0.15) is 55.3 Å². The number of nitrogens with one attached hydrogen (secondary N) is 1. The first kappa shape index (κ1) is 21.2. The summed E-state index contributed by atoms with van der Waals surface area (Å²) in [6.07, 6.45) is 5.65. The lowest BCUT2D eigenvalue weighted by atomic mass is 9.89. The summed E-state index contributed by atoms with van der Waals surface area (Å²) in [6, 6.07) is 17.7. The van der Waals surface area contributed by atoms with E-state index < -0.39 is 0 Å². The van der Waals surface area contributed by atoms with Crippen LogP contribution in [0.15, 0.2) is 60.4 Å². The summed E-state index contributed by atoms with van der Waals surface area (Å²) >= 11 is 0. The zero-order valence-corrected chi connectivity index (χ0v) is 18.2. The second-order valence-corrected chi connectivity index (χ2v) is 8.56. The third-order valence-corrected chi connectivity index (χ3v) is 6.15. The third-order valence-electron chi connectivity index (χ3n) is 6.15. The quantitative estimate of drug-likeness (QED) is 0.733. The maximum Gasteiger partial charge on any atom is 0.289 e. The van der Waals surface area contributed by atoms with Gasteiger partial charge in [-0.05, 0) is 50.3 Å². The first-order valence-corrected chi connectivity index (χ1v) is 11.1. The number of fused-ring (bicyclic) bond motifs is 1. The minimum Gasteiger partial charge on any atom is -0.482 e. The van der Waals surface area contributed by atoms with Crippen LogP contribution in [0.3, 0.4) is 0 Å². The van der Waals surface area contributed by atoms with Crippen molar-refractivity contribution in [3.63, 3.8) is 0 Å². The number of aryl methyl sites for hydroxylation is 1. The van der Waals surface area contributed by atoms with E-state index in [4.69, 9.17) is 4.74 Å². The van der Waals surface area contributed by atoms with E-state index in [0.29, 0.717) is 5.76 Å². The number of nitrogens with zero attached hydrogens (tertiary/aromatic N) is 1. The summed E-state index contributed by atoms with van der Waals surface area (Å²) in [5.74, 6) is -0.0179. The number of morpholine rings is 1. The van der Waals surface area contributed by atoms with Crippen LogP contribution in [0.5, 0.6) is 0 Å². The van der Waals surface area contributed by atoms with Gasteiger partial charge >= 0.3 is 0 Å². The van der Waals surface area contributed by atoms with Crippen molar-refractivity contribution in [2.75, 3.05) is 6.54 Å². The molecule has 1 saturated heterocycles. The zero-order valence-electron chi connectivity index (χ0n) is 18.2. The van der Waals surface area contributed by atoms with Crippen molar-refractivity contribution < 1.29 is 14.3 Å². The smallest absolute Gasteiger partial charge is 0.289 e. The van der Waals surface area contributed by atoms with Gasteiger partial charge in [-0.15, -0.1) is 0 Å². The zero-order chi connectivity index (χ0) is 21.8. The van der Waals surface area contributed by atoms with Crippen molar-refractivity contribution in [1.82, 2.24) is 10.2 Å². The van der Waals surface area contributed by atoms with Crippen LogP contribution in [-0.4, -0.2) is 35.4 Å². The normalized spacial score (nSPS) is 23.1. The lowest BCUT2D eigenvalue weighted by molar-refractivity contribution is -0.152. The minimum atomic E-state index is -0.202. The molecule has 5 heteroatoms. The maximum atomic E-state index is 13.3. The molecule has 0 bridgehead atoms. The summed E-state index contributed by atoms with van der Waals surface area (Å²) in [5, 5.41) is 3.04. The summed E-state index contributed by atoms with van der Waals surface area (Å²) < 4.78 is 6.15. The van der Waals surface area contributed by atoms with E-state index in [-0.39, 0.29) is 36.5 Å². The molecule has 5 nitrogen and oxygen atoms in total. The number of carbonyl (C=O) groups excluding carboxylic acids is 2. The van der Waals surface area contributed by atoms with Gasteiger partial charge in [-0.1, -0.05) is 66.6 Å². The Bertz CT molecular complexity index is 970. The van der Waals surface area contributed by atoms with E-state index in [1.165, 1.54) is 0 Å². The fraction of sp³-hybridized carbons (Fsp3) is 0.385. The standard InChI is InChI=1S/C26H30N2O3/c1-18-9-8-10-20(15-18)16-24-26(30)28(22-13-6-7-14-23(22)31-24)17-25(29)27-19(2)21-11-4-3-5-12-21/h3-5,8-12,15-16,19,22-23H,6-7,13-14,17H2,1-2H3,(H,27,29)/b24-16+. The van der Waals surface area contributed by atoms with Gasteiger partial charge in [0.15, 0.2) is 5.76 Å². The number of hydrogen-bond donors (Lipinski definition) is 1. The van der Waals surface area contributed by atoms with Gasteiger partial charge in [0.1, 0.15) is 12.6 Å². The van der Waals surface area contributed by atoms with E-state index in [2.05, 4.69) is 5.32 Å². The van der Waals surface area contributed by atoms with Crippen molar-refractivity contribution >= 4 is 17.9 Å². The molecule has 1 aliphatic heterocycles. The van der Waals surface area contributed by atoms with E-state index in [9.17, 15) is 9.59 Å². The van der Waals surface area contributed by atoms with Crippen LogP contribution < -0.4 is 5.32 Å². The number of rotatable bonds is 5. The largest absolute Gasteiger partial charge is 0.482 e. The number of carbonyl (C=O) groups is 2. The van der Waals surface area contributed by atoms with Crippen LogP contribution in [0, 0.1) is 6.92 Å². The molecule has 1 N–H and O–H groups in total. The van der Waals surface area contributed by atoms with Gasteiger partial charge in [-0.3, -0.25) is 9.59 Å². The molecule has 2 amide bonds. The Morgan fingerprint density at radius 3 is 2.71 bits per heavy atom. The first-order valence-electron chi connectivity index (χ1n) is 11.1. The molecule has 2 aromatic carbocycles. The summed E-state index contributed by atoms with van der Waals surface area (Å²) in [6.45, 7) is 4.03. The van der Waals surface area contributed by atoms with Gasteiger partial charge in [0.2, 0.25) is 5.91 Å². The number of amides is 2. The van der Waals surface area contributed by atoms with Crippen LogP contribution >= 0.6 is 0 Å². The first-order chi connectivity index (χ1) is 15.0. The van der Waals surface area contributed by atoms with Crippen LogP contribution in [0.2, 0.25) is 0 Å². The van der Waals surface area contributed by atoms with Gasteiger partial charge < -0.3 is 15.0 Å². The lowest BCUT2D eigenvalue weighted by Gasteiger charge is -2.44. The highest BCUT2D eigenvalue weighted by molar-refractivity contribution is 5.98. The molecule has 162 valence electrons. The molecule has 0 radical (unpaired) electrons. The molecule has 0 spiro atoms. The topological polar surface area (TPSA) is 58.6 Å². The second kappa shape index (κ2) is 9.38. The van der Waals surface area contributed by atoms with E-state index in [1.54, 1.807) is 11.0 Å². The van der Waals surface area contributed by atoms with Crippen LogP contribution in [0.25, 0.3) is 6.08 Å². The van der Waals surface area contributed by atoms with Crippen molar-refractivity contribution in [3.8, 4) is 0 Å². The predicted molar refractivity (Wildman–Crippen MR) is 121 cm³/mol. The van der Waals surface area contributed by atoms with Gasteiger partial charge in [-0.25, -0.2) is 0 Å². The van der Waals surface area contributed by atoms with Crippen molar-refractivity contribution in [1.29, 1.82) is 0 Å². The van der Waals surface area contributed by atoms with Gasteiger partial charge in [-0.2, -0.15) is 0 Å². The Morgan fingerprint density at radius 1 is 1.16 bits per heavy atom. The Kier molecular flexibility index (Phi) is 6.40. The van der Waals surface area contributed by atoms with E-state index in [1.807, 2.05) is 68.4 Å². The molecule has 2 aliphatic rings. The van der Waals surface area contributed by atoms with Crippen LogP contribution in [0.4, 0.5) is 0 Å². The second-order valence-electron chi connectivity index (χ2n) is 8.56. The lowest BCUT2D eigenvalue weighted by Crippen LogP contribution is -2.57. The van der Waals surface area contributed by atoms with Gasteiger partial charge in [0.25, 0.3) is 5.91 Å². The molecular weight excluding hydrogens is 388 g/mol. The van der Waals surface area contributed by atoms with E-state index in [0.717, 1.165) is 42.4 Å². The average molecular weight is 419 g/mol. The van der Waals surface area contributed by atoms with Crippen LogP contribution in [-0.2, 0) is 14.3 Å². The maximum absolute atomic E-state index is 13.3. The van der Waals surface area contributed by atoms with Crippen molar-refractivity contribution in [2.45, 2.75) is 57.7 Å². The summed E-state index contributed by atoms with van der Waals surface area (Å²) in [5.41, 5.74) is 3.10. The Labute approximate surface area is 184 Å². The highest BCUT2D eigenvalue weighted by Gasteiger charge is 2.42. The third kappa shape index (κ3) is 4.98. The highest BCUT2D eigenvalue weighted by atomic mass is 16.5. The SMILES string of the molecule is Cc1cccc(/C=C2/OC3CCCCC3N(CC(=O)NC(C)c3ccccc3)C2=O)c1. The fourth-order valence-electron chi connectivity index (χ4n) is 4.54. The number of hydrogen-bond acceptors (Lipinski definition) is 3. The predicted octanol–water partition coefficient (Wildman–Crippen LogP) is 4.38. The fourth-order valence-corrected chi connectivity index (χ4v) is 4.54. The Morgan fingerprint density at radius 2 is 1.94 bits per heavy atom. The molecule has 3 unspecified atom stereocenters. The highest BCUT2D eigenvalue weighted by Crippen LogP contribution is 2.33. The Balaban J connectivity index is 1.52. The summed E-state index contributed by atoms with van der Waals surface area (Å²) in [4.78, 5) is 27.9. The monoisotopic (exact) mass is 418 g/mol. The molecule has 3 atom stereocenters. The molecule has 0 aromatic heterocycles. The minimum absolute atomic E-state index is 0.0473.